The molecule has 0 spiro atoms. The zero-order valence-electron chi connectivity index (χ0n) is 5.99. The van der Waals surface area contributed by atoms with Gasteiger partial charge < -0.3 is 0 Å². The molecule has 8 heavy (non-hydrogen) atoms. The fourth-order valence-electron chi connectivity index (χ4n) is 0.523. The van der Waals surface area contributed by atoms with Gasteiger partial charge in [0.2, 0.25) is 0 Å². The molecule has 0 N–H and O–H groups in total. The molecule has 0 bridgehead atoms. The average Bonchev–Trinajstić information content (AvgIpc) is 1.65. The van der Waals surface area contributed by atoms with Crippen LogP contribution in [0.25, 0.3) is 0 Å². The van der Waals surface area contributed by atoms with Crippen molar-refractivity contribution in [2.75, 3.05) is 0 Å². The van der Waals surface area contributed by atoms with Crippen molar-refractivity contribution in [2.24, 2.45) is 0 Å². The van der Waals surface area contributed by atoms with Gasteiger partial charge in [-0.15, -0.1) is 0 Å². The number of hydrogen-bond acceptors (Lipinski definition) is 0. The van der Waals surface area contributed by atoms with E-state index in [9.17, 15) is 0 Å². The molecule has 0 rings (SSSR count). The van der Waals surface area contributed by atoms with Gasteiger partial charge in [-0.05, 0) is 19.0 Å². The Balaban J connectivity index is 3.24. The minimum absolute atomic E-state index is 0.854. The molecule has 0 amide bonds. The van der Waals surface area contributed by atoms with Crippen LogP contribution in [-0.2, 0) is 0 Å². The highest BCUT2D eigenvalue weighted by atomic mass is 31.1. The van der Waals surface area contributed by atoms with Gasteiger partial charge in [-0.25, -0.2) is 0 Å². The maximum absolute atomic E-state index is 3.86. The molecule has 1 heteroatoms. The van der Waals surface area contributed by atoms with Crippen molar-refractivity contribution in [1.82, 2.24) is 0 Å². The summed E-state index contributed by atoms with van der Waals surface area (Å²) in [7, 11) is 0.968. The van der Waals surface area contributed by atoms with Crippen LogP contribution in [0.2, 0.25) is 0 Å². The van der Waals surface area contributed by atoms with Crippen LogP contribution in [0, 0.1) is 0 Å². The molecule has 0 aliphatic heterocycles. The van der Waals surface area contributed by atoms with Crippen molar-refractivity contribution < 1.29 is 0 Å². The topological polar surface area (TPSA) is 0 Å². The predicted molar refractivity (Wildman–Crippen MR) is 42.9 cm³/mol. The minimum Gasteiger partial charge on any atom is -0.0959 e. The van der Waals surface area contributed by atoms with Crippen molar-refractivity contribution in [1.29, 1.82) is 0 Å². The number of allylic oxidation sites excluding steroid dienone is 1. The van der Waals surface area contributed by atoms with Crippen LogP contribution in [0.4, 0.5) is 0 Å². The van der Waals surface area contributed by atoms with E-state index in [0.29, 0.717) is 0 Å². The third kappa shape index (κ3) is 4.33. The van der Waals surface area contributed by atoms with Crippen molar-refractivity contribution in [3.8, 4) is 0 Å². The second-order valence-electron chi connectivity index (χ2n) is 2.23. The number of hydrogen-bond donors (Lipinski definition) is 0. The van der Waals surface area contributed by atoms with E-state index in [1.807, 2.05) is 0 Å². The first-order chi connectivity index (χ1) is 3.66. The van der Waals surface area contributed by atoms with Gasteiger partial charge in [0.1, 0.15) is 0 Å². The van der Waals surface area contributed by atoms with E-state index < -0.39 is 0 Å². The lowest BCUT2D eigenvalue weighted by Crippen LogP contribution is -1.87. The molecule has 0 saturated heterocycles. The van der Waals surface area contributed by atoms with Gasteiger partial charge >= 0.3 is 0 Å². The highest BCUT2D eigenvalue weighted by Crippen LogP contribution is 2.28. The largest absolute Gasteiger partial charge is 0.0959 e. The summed E-state index contributed by atoms with van der Waals surface area (Å²) in [5.41, 5.74) is 0.854. The van der Waals surface area contributed by atoms with Crippen molar-refractivity contribution in [2.45, 2.75) is 32.9 Å². The van der Waals surface area contributed by atoms with Crippen LogP contribution in [0.3, 0.4) is 0 Å². The van der Waals surface area contributed by atoms with Gasteiger partial charge in [0.15, 0.2) is 0 Å². The van der Waals surface area contributed by atoms with Gasteiger partial charge in [0, 0.05) is 0 Å². The lowest BCUT2D eigenvalue weighted by Gasteiger charge is -2.05. The number of rotatable bonds is 3. The lowest BCUT2D eigenvalue weighted by atomic mass is 10.4. The van der Waals surface area contributed by atoms with E-state index in [4.69, 9.17) is 0 Å². The molecule has 0 saturated carbocycles. The van der Waals surface area contributed by atoms with Crippen LogP contribution >= 0.6 is 8.58 Å². The molecule has 0 heterocycles. The fraction of sp³-hybridized carbons (Fsp3) is 0.714. The van der Waals surface area contributed by atoms with Gasteiger partial charge in [0.25, 0.3) is 0 Å². The van der Waals surface area contributed by atoms with Crippen LogP contribution in [0.15, 0.2) is 11.9 Å². The van der Waals surface area contributed by atoms with Crippen molar-refractivity contribution >= 4 is 8.58 Å². The Labute approximate surface area is 54.2 Å². The summed E-state index contributed by atoms with van der Waals surface area (Å²) in [6, 6.07) is 0. The van der Waals surface area contributed by atoms with Crippen LogP contribution in [0.5, 0.6) is 0 Å². The summed E-state index contributed by atoms with van der Waals surface area (Å²) in [4.78, 5) is 0. The smallest absolute Gasteiger partial charge is 0.0231 e. The zero-order chi connectivity index (χ0) is 6.57. The first-order valence-corrected chi connectivity index (χ1v) is 4.16. The van der Waals surface area contributed by atoms with E-state index in [1.54, 1.807) is 0 Å². The lowest BCUT2D eigenvalue weighted by molar-refractivity contribution is 0.902. The quantitative estimate of drug-likeness (QED) is 0.515. The molecule has 0 aromatic rings. The molecule has 0 aromatic carbocycles. The molecular formula is C7H15P. The standard InChI is InChI=1S/C7H15P/c1-5-7(4)8-6(2)3/h7-8H,2,5H2,1,3-4H3. The minimum atomic E-state index is 0.854. The zero-order valence-corrected chi connectivity index (χ0v) is 6.99. The molecule has 0 aliphatic carbocycles. The highest BCUT2D eigenvalue weighted by molar-refractivity contribution is 7.43. The first-order valence-electron chi connectivity index (χ1n) is 3.08. The molecule has 0 aromatic heterocycles. The van der Waals surface area contributed by atoms with E-state index in [1.165, 1.54) is 11.7 Å². The van der Waals surface area contributed by atoms with E-state index in [0.717, 1.165) is 14.2 Å². The second kappa shape index (κ2) is 4.09. The summed E-state index contributed by atoms with van der Waals surface area (Å²) in [6.45, 7) is 10.5. The van der Waals surface area contributed by atoms with E-state index >= 15 is 0 Å². The third-order valence-corrected chi connectivity index (χ3v) is 2.50. The van der Waals surface area contributed by atoms with Gasteiger partial charge in [0.05, 0.1) is 0 Å². The van der Waals surface area contributed by atoms with Crippen LogP contribution in [-0.4, -0.2) is 5.66 Å². The SMILES string of the molecule is C=C(C)PC(C)CC. The van der Waals surface area contributed by atoms with E-state index in [2.05, 4.69) is 27.4 Å². The monoisotopic (exact) mass is 130 g/mol. The summed E-state index contributed by atoms with van der Waals surface area (Å²) < 4.78 is 0. The Morgan fingerprint density at radius 3 is 2.38 bits per heavy atom. The van der Waals surface area contributed by atoms with E-state index in [-0.39, 0.29) is 0 Å². The van der Waals surface area contributed by atoms with Crippen molar-refractivity contribution in [3.05, 3.63) is 11.9 Å². The summed E-state index contributed by atoms with van der Waals surface area (Å²) >= 11 is 0. The first kappa shape index (κ1) is 8.17. The average molecular weight is 130 g/mol. The molecule has 0 radical (unpaired) electrons. The molecule has 2 unspecified atom stereocenters. The Kier molecular flexibility index (Phi) is 4.18. The molecule has 0 fully saturated rings. The van der Waals surface area contributed by atoms with Crippen LogP contribution < -0.4 is 0 Å². The molecule has 0 nitrogen and oxygen atoms in total. The van der Waals surface area contributed by atoms with Gasteiger partial charge in [-0.3, -0.25) is 0 Å². The third-order valence-electron chi connectivity index (χ3n) is 1.11. The fourth-order valence-corrected chi connectivity index (χ4v) is 1.57. The normalized spacial score (nSPS) is 14.9. The highest BCUT2D eigenvalue weighted by Gasteiger charge is 1.95. The summed E-state index contributed by atoms with van der Waals surface area (Å²) in [6.07, 6.45) is 1.28. The maximum atomic E-state index is 3.86. The maximum Gasteiger partial charge on any atom is -0.0231 e. The molecule has 0 aliphatic rings. The molecule has 2 atom stereocenters. The molecule has 48 valence electrons. The van der Waals surface area contributed by atoms with Crippen LogP contribution in [0.1, 0.15) is 27.2 Å². The summed E-state index contributed by atoms with van der Waals surface area (Å²) in [5.74, 6) is 0. The molecular weight excluding hydrogens is 115 g/mol. The second-order valence-corrected chi connectivity index (χ2v) is 4.36. The predicted octanol–water partition coefficient (Wildman–Crippen LogP) is 3.00. The van der Waals surface area contributed by atoms with Crippen molar-refractivity contribution in [3.63, 3.8) is 0 Å². The van der Waals surface area contributed by atoms with Gasteiger partial charge in [-0.2, -0.15) is 0 Å². The summed E-state index contributed by atoms with van der Waals surface area (Å²) in [5, 5.41) is 1.33. The Morgan fingerprint density at radius 2 is 2.25 bits per heavy atom. The van der Waals surface area contributed by atoms with Gasteiger partial charge in [-0.1, -0.05) is 34.3 Å². The Hall–Kier alpha value is 0.170. The Bertz CT molecular complexity index is 76.5. The Morgan fingerprint density at radius 1 is 1.75 bits per heavy atom.